The van der Waals surface area contributed by atoms with Crippen molar-refractivity contribution in [3.8, 4) is 11.1 Å². The molecule has 0 amide bonds. The molecule has 7 heteroatoms. The molecule has 3 aromatic rings. The number of nitrogens with zero attached hydrogens (tertiary/aromatic N) is 3. The molecule has 0 radical (unpaired) electrons. The zero-order valence-corrected chi connectivity index (χ0v) is 17.4. The summed E-state index contributed by atoms with van der Waals surface area (Å²) in [4.78, 5) is 12.2. The highest BCUT2D eigenvalue weighted by molar-refractivity contribution is 5.66. The van der Waals surface area contributed by atoms with Gasteiger partial charge in [0, 0.05) is 33.6 Å². The minimum absolute atomic E-state index is 0. The second-order valence-corrected chi connectivity index (χ2v) is 6.85. The van der Waals surface area contributed by atoms with Gasteiger partial charge >= 0.3 is 0 Å². The number of aliphatic hydroxyl groups excluding tert-OH is 1. The van der Waals surface area contributed by atoms with Crippen LogP contribution in [0.3, 0.4) is 0 Å². The summed E-state index contributed by atoms with van der Waals surface area (Å²) in [5.74, 6) is -0.210. The van der Waals surface area contributed by atoms with Crippen molar-refractivity contribution in [2.45, 2.75) is 26.2 Å². The van der Waals surface area contributed by atoms with Crippen LogP contribution < -0.4 is 11.1 Å². The van der Waals surface area contributed by atoms with Crippen LogP contribution in [0.2, 0.25) is 0 Å². The van der Waals surface area contributed by atoms with Crippen LogP contribution in [0.5, 0.6) is 0 Å². The number of nitrogens with one attached hydrogen (secondary N) is 1. The van der Waals surface area contributed by atoms with Gasteiger partial charge in [0.1, 0.15) is 5.82 Å². The molecule has 0 aliphatic rings. The number of hydrogen-bond donors (Lipinski definition) is 3. The van der Waals surface area contributed by atoms with E-state index in [0.717, 1.165) is 11.1 Å². The number of aromatic nitrogens is 3. The Kier molecular flexibility index (Phi) is 7.81. The molecule has 2 heterocycles. The number of aliphatic hydroxyl groups is 1. The molecular weight excluding hydrogens is 381 g/mol. The maximum Gasteiger partial charge on any atom is 0.220 e. The number of halogens is 1. The number of nitrogen functional groups attached to an aromatic ring is 1. The van der Waals surface area contributed by atoms with Crippen molar-refractivity contribution in [2.24, 2.45) is 0 Å². The van der Waals surface area contributed by atoms with Gasteiger partial charge in [-0.1, -0.05) is 18.7 Å². The van der Waals surface area contributed by atoms with Crippen LogP contribution in [0, 0.1) is 5.82 Å². The van der Waals surface area contributed by atoms with Crippen LogP contribution in [0.4, 0.5) is 16.0 Å². The zero-order chi connectivity index (χ0) is 22.1. The highest BCUT2D eigenvalue weighted by atomic mass is 19.1. The van der Waals surface area contributed by atoms with Gasteiger partial charge in [-0.25, -0.2) is 14.4 Å². The SMILES string of the molecule is C=C=C(Nc1ccc(-c2cccnc2)cc1F)C(C)(C)c1ccnc(N)n1.CCO.[HH].[HH]. The summed E-state index contributed by atoms with van der Waals surface area (Å²) in [6.45, 7) is 9.52. The molecule has 0 fully saturated rings. The van der Waals surface area contributed by atoms with Crippen LogP contribution in [0.1, 0.15) is 29.3 Å². The minimum atomic E-state index is -0.618. The van der Waals surface area contributed by atoms with Gasteiger partial charge in [0.05, 0.1) is 22.5 Å². The Morgan fingerprint density at radius 1 is 1.27 bits per heavy atom. The van der Waals surface area contributed by atoms with Crippen LogP contribution in [-0.4, -0.2) is 26.7 Å². The van der Waals surface area contributed by atoms with Gasteiger partial charge in [-0.05, 0) is 50.6 Å². The first-order valence-corrected chi connectivity index (χ1v) is 9.40. The van der Waals surface area contributed by atoms with Crippen molar-refractivity contribution in [1.82, 2.24) is 15.0 Å². The van der Waals surface area contributed by atoms with E-state index >= 15 is 0 Å². The summed E-state index contributed by atoms with van der Waals surface area (Å²) in [5.41, 5.74) is 11.1. The highest BCUT2D eigenvalue weighted by Gasteiger charge is 2.28. The fourth-order valence-electron chi connectivity index (χ4n) is 2.74. The van der Waals surface area contributed by atoms with E-state index in [2.05, 4.69) is 32.6 Å². The standard InChI is InChI=1S/C21H20FN5.C2H6O.2H2/c1-4-18(21(2,3)19-9-11-25-20(23)27-19)26-17-8-7-14(12-16(17)22)15-6-5-10-24-13-15;1-2-3;;/h5-13,26H,1H2,2-3H3,(H2,23,25,27);3H,2H2,1H3;2*1H. The van der Waals surface area contributed by atoms with E-state index in [-0.39, 0.29) is 21.2 Å². The minimum Gasteiger partial charge on any atom is -0.397 e. The smallest absolute Gasteiger partial charge is 0.220 e. The Labute approximate surface area is 179 Å². The predicted octanol–water partition coefficient (Wildman–Crippen LogP) is 4.81. The quantitative estimate of drug-likeness (QED) is 0.521. The molecule has 0 saturated heterocycles. The van der Waals surface area contributed by atoms with Gasteiger partial charge in [0.2, 0.25) is 5.95 Å². The molecule has 0 aliphatic heterocycles. The first-order chi connectivity index (χ1) is 14.3. The van der Waals surface area contributed by atoms with Crippen LogP contribution >= 0.6 is 0 Å². The summed E-state index contributed by atoms with van der Waals surface area (Å²) in [6, 6.07) is 10.4. The zero-order valence-electron chi connectivity index (χ0n) is 17.4. The molecule has 0 saturated carbocycles. The monoisotopic (exact) mass is 411 g/mol. The molecule has 3 rings (SSSR count). The van der Waals surface area contributed by atoms with E-state index in [0.29, 0.717) is 17.1 Å². The molecule has 0 atom stereocenters. The topological polar surface area (TPSA) is 97.0 Å². The van der Waals surface area contributed by atoms with Crippen molar-refractivity contribution in [3.63, 3.8) is 0 Å². The fourth-order valence-corrected chi connectivity index (χ4v) is 2.74. The molecule has 6 nitrogen and oxygen atoms in total. The lowest BCUT2D eigenvalue weighted by Crippen LogP contribution is -2.27. The third kappa shape index (κ3) is 5.50. The molecule has 2 aromatic heterocycles. The number of pyridine rings is 1. The summed E-state index contributed by atoms with van der Waals surface area (Å²) in [7, 11) is 0. The van der Waals surface area contributed by atoms with E-state index < -0.39 is 5.41 Å². The lowest BCUT2D eigenvalue weighted by atomic mass is 9.85. The number of hydrogen-bond acceptors (Lipinski definition) is 6. The Hall–Kier alpha value is -3.54. The average Bonchev–Trinajstić information content (AvgIpc) is 2.74. The van der Waals surface area contributed by atoms with Gasteiger partial charge in [-0.3, -0.25) is 4.98 Å². The van der Waals surface area contributed by atoms with Crippen LogP contribution in [0.25, 0.3) is 11.1 Å². The van der Waals surface area contributed by atoms with E-state index in [4.69, 9.17) is 10.8 Å². The summed E-state index contributed by atoms with van der Waals surface area (Å²) < 4.78 is 14.7. The molecule has 0 aliphatic carbocycles. The normalized spacial score (nSPS) is 10.4. The van der Waals surface area contributed by atoms with E-state index in [1.54, 1.807) is 37.6 Å². The Balaban J connectivity index is 0.00000182. The molecule has 0 spiro atoms. The third-order valence-electron chi connectivity index (χ3n) is 4.34. The van der Waals surface area contributed by atoms with Gasteiger partial charge in [0.25, 0.3) is 0 Å². The average molecular weight is 412 g/mol. The Morgan fingerprint density at radius 2 is 2.00 bits per heavy atom. The van der Waals surface area contributed by atoms with Crippen molar-refractivity contribution in [2.75, 3.05) is 17.7 Å². The van der Waals surface area contributed by atoms with Crippen molar-refractivity contribution < 1.29 is 12.4 Å². The second-order valence-electron chi connectivity index (χ2n) is 6.85. The van der Waals surface area contributed by atoms with Gasteiger partial charge in [-0.15, -0.1) is 5.73 Å². The molecule has 0 unspecified atom stereocenters. The molecule has 30 heavy (non-hydrogen) atoms. The van der Waals surface area contributed by atoms with Gasteiger partial charge < -0.3 is 16.2 Å². The molecular formula is C23H30FN5O. The Morgan fingerprint density at radius 3 is 2.57 bits per heavy atom. The van der Waals surface area contributed by atoms with E-state index in [1.807, 2.05) is 32.0 Å². The number of allylic oxidation sites excluding steroid dienone is 1. The van der Waals surface area contributed by atoms with Gasteiger partial charge in [0.15, 0.2) is 0 Å². The largest absolute Gasteiger partial charge is 0.397 e. The fraction of sp³-hybridized carbons (Fsp3) is 0.217. The summed E-state index contributed by atoms with van der Waals surface area (Å²) >= 11 is 0. The van der Waals surface area contributed by atoms with Crippen LogP contribution in [0.15, 0.2) is 73.0 Å². The number of nitrogens with two attached hydrogens (primary N) is 1. The lowest BCUT2D eigenvalue weighted by molar-refractivity contribution is 0.318. The predicted molar refractivity (Wildman–Crippen MR) is 122 cm³/mol. The van der Waals surface area contributed by atoms with E-state index in [1.165, 1.54) is 6.07 Å². The second kappa shape index (κ2) is 10.3. The molecule has 160 valence electrons. The first kappa shape index (κ1) is 22.7. The first-order valence-electron chi connectivity index (χ1n) is 9.40. The van der Waals surface area contributed by atoms with Crippen molar-refractivity contribution in [3.05, 3.63) is 84.5 Å². The molecule has 4 N–H and O–H groups in total. The molecule has 0 bridgehead atoms. The van der Waals surface area contributed by atoms with Crippen LogP contribution in [-0.2, 0) is 5.41 Å². The summed E-state index contributed by atoms with van der Waals surface area (Å²) in [5, 5.41) is 10.7. The number of rotatable bonds is 5. The van der Waals surface area contributed by atoms with Gasteiger partial charge in [-0.2, -0.15) is 0 Å². The highest BCUT2D eigenvalue weighted by Crippen LogP contribution is 2.32. The number of anilines is 2. The third-order valence-corrected chi connectivity index (χ3v) is 4.34. The lowest BCUT2D eigenvalue weighted by Gasteiger charge is -2.27. The van der Waals surface area contributed by atoms with Crippen molar-refractivity contribution in [1.29, 1.82) is 0 Å². The van der Waals surface area contributed by atoms with Crippen molar-refractivity contribution >= 4 is 11.6 Å². The number of benzene rings is 1. The maximum atomic E-state index is 14.7. The summed E-state index contributed by atoms with van der Waals surface area (Å²) in [6.07, 6.45) is 4.96. The molecule has 1 aromatic carbocycles. The Bertz CT molecular complexity index is 1040. The maximum absolute atomic E-state index is 14.7. The van der Waals surface area contributed by atoms with E-state index in [9.17, 15) is 4.39 Å².